The van der Waals surface area contributed by atoms with Gasteiger partial charge in [0.2, 0.25) is 4.77 Å². The van der Waals surface area contributed by atoms with Crippen LogP contribution in [-0.4, -0.2) is 26.5 Å². The number of halogens is 2. The van der Waals surface area contributed by atoms with E-state index < -0.39 is 0 Å². The van der Waals surface area contributed by atoms with Crippen LogP contribution in [-0.2, 0) is 13.2 Å². The van der Waals surface area contributed by atoms with E-state index in [0.717, 1.165) is 16.7 Å². The number of H-pyrrole nitrogens is 1. The molecule has 33 heavy (non-hydrogen) atoms. The fourth-order valence-corrected chi connectivity index (χ4v) is 3.78. The summed E-state index contributed by atoms with van der Waals surface area (Å²) >= 11 is 17.9. The summed E-state index contributed by atoms with van der Waals surface area (Å²) < 4.78 is 14.0. The van der Waals surface area contributed by atoms with E-state index in [1.54, 1.807) is 17.1 Å². The molecule has 4 aromatic rings. The lowest BCUT2D eigenvalue weighted by Gasteiger charge is -2.16. The molecular formula is C23H21Cl2N5O2S. The Bertz CT molecular complexity index is 1280. The molecule has 0 saturated carbocycles. The highest BCUT2D eigenvalue weighted by Gasteiger charge is 2.14. The van der Waals surface area contributed by atoms with Crippen LogP contribution in [0.4, 0.5) is 0 Å². The van der Waals surface area contributed by atoms with E-state index in [1.165, 1.54) is 0 Å². The lowest BCUT2D eigenvalue weighted by Crippen LogP contribution is -2.16. The SMILES string of the molecule is CCOc1cc(CNn2c(-c3ccncc3)n[nH]c2=S)cc(Cl)c1OCc1ccc(Cl)cc1. The highest BCUT2D eigenvalue weighted by Crippen LogP contribution is 2.37. The number of aromatic amines is 1. The zero-order valence-corrected chi connectivity index (χ0v) is 20.0. The van der Waals surface area contributed by atoms with Crippen LogP contribution in [0.1, 0.15) is 18.1 Å². The van der Waals surface area contributed by atoms with Gasteiger partial charge in [-0.05, 0) is 66.7 Å². The number of nitrogens with one attached hydrogen (secondary N) is 2. The van der Waals surface area contributed by atoms with Gasteiger partial charge in [0.15, 0.2) is 17.3 Å². The van der Waals surface area contributed by atoms with Crippen molar-refractivity contribution in [3.63, 3.8) is 0 Å². The molecule has 0 fully saturated rings. The Morgan fingerprint density at radius 1 is 1.03 bits per heavy atom. The number of pyridine rings is 1. The van der Waals surface area contributed by atoms with Crippen molar-refractivity contribution < 1.29 is 9.47 Å². The van der Waals surface area contributed by atoms with Gasteiger partial charge in [0.25, 0.3) is 0 Å². The minimum absolute atomic E-state index is 0.341. The average Bonchev–Trinajstić information content (AvgIpc) is 3.19. The number of nitrogens with zero attached hydrogens (tertiary/aromatic N) is 3. The maximum atomic E-state index is 6.57. The molecule has 0 aliphatic rings. The van der Waals surface area contributed by atoms with Gasteiger partial charge in [0.05, 0.1) is 18.2 Å². The van der Waals surface area contributed by atoms with Gasteiger partial charge in [-0.15, -0.1) is 0 Å². The van der Waals surface area contributed by atoms with Gasteiger partial charge >= 0.3 is 0 Å². The van der Waals surface area contributed by atoms with Crippen LogP contribution in [0.15, 0.2) is 60.9 Å². The number of ether oxygens (including phenoxy) is 2. The fourth-order valence-electron chi connectivity index (χ4n) is 3.17. The summed E-state index contributed by atoms with van der Waals surface area (Å²) in [5, 5.41) is 8.26. The molecule has 170 valence electrons. The van der Waals surface area contributed by atoms with Crippen LogP contribution in [0.5, 0.6) is 11.5 Å². The number of hydrogen-bond donors (Lipinski definition) is 2. The molecule has 2 heterocycles. The highest BCUT2D eigenvalue weighted by atomic mass is 35.5. The quantitative estimate of drug-likeness (QED) is 0.272. The molecule has 2 aromatic carbocycles. The van der Waals surface area contributed by atoms with Crippen LogP contribution in [0.3, 0.4) is 0 Å². The second kappa shape index (κ2) is 10.7. The molecule has 0 saturated heterocycles. The topological polar surface area (TPSA) is 77.0 Å². The first-order valence-corrected chi connectivity index (χ1v) is 11.4. The van der Waals surface area contributed by atoms with E-state index in [1.807, 2.05) is 55.5 Å². The van der Waals surface area contributed by atoms with Crippen LogP contribution in [0.2, 0.25) is 10.0 Å². The molecule has 10 heteroatoms. The average molecular weight is 502 g/mol. The third kappa shape index (κ3) is 5.65. The Morgan fingerprint density at radius 3 is 2.52 bits per heavy atom. The lowest BCUT2D eigenvalue weighted by molar-refractivity contribution is 0.269. The summed E-state index contributed by atoms with van der Waals surface area (Å²) in [6.45, 7) is 3.16. The van der Waals surface area contributed by atoms with E-state index in [-0.39, 0.29) is 0 Å². The van der Waals surface area contributed by atoms with Crippen molar-refractivity contribution in [3.8, 4) is 22.9 Å². The van der Waals surface area contributed by atoms with Crippen molar-refractivity contribution in [2.24, 2.45) is 0 Å². The summed E-state index contributed by atoms with van der Waals surface area (Å²) in [7, 11) is 0. The van der Waals surface area contributed by atoms with E-state index in [4.69, 9.17) is 44.9 Å². The third-order valence-electron chi connectivity index (χ3n) is 4.72. The Hall–Kier alpha value is -3.07. The van der Waals surface area contributed by atoms with Crippen LogP contribution in [0.25, 0.3) is 11.4 Å². The van der Waals surface area contributed by atoms with Crippen molar-refractivity contribution in [2.75, 3.05) is 12.0 Å². The monoisotopic (exact) mass is 501 g/mol. The summed E-state index contributed by atoms with van der Waals surface area (Å²) in [5.74, 6) is 1.72. The standard InChI is InChI=1S/C23H21Cl2N5O2S/c1-2-31-20-12-16(11-19(25)21(20)32-14-15-3-5-18(24)6-4-15)13-27-30-22(28-29-23(30)33)17-7-9-26-10-8-17/h3-12,27H,2,13-14H2,1H3,(H,29,33). The van der Waals surface area contributed by atoms with Gasteiger partial charge in [-0.1, -0.05) is 35.3 Å². The molecule has 2 N–H and O–H groups in total. The van der Waals surface area contributed by atoms with E-state index in [9.17, 15) is 0 Å². The van der Waals surface area contributed by atoms with Gasteiger partial charge < -0.3 is 14.9 Å². The molecule has 4 rings (SSSR count). The molecule has 0 aliphatic carbocycles. The number of aromatic nitrogens is 4. The number of benzene rings is 2. The van der Waals surface area contributed by atoms with Gasteiger partial charge in [0.1, 0.15) is 6.61 Å². The zero-order valence-electron chi connectivity index (χ0n) is 17.7. The van der Waals surface area contributed by atoms with E-state index >= 15 is 0 Å². The van der Waals surface area contributed by atoms with Gasteiger partial charge in [0, 0.05) is 23.0 Å². The maximum Gasteiger partial charge on any atom is 0.214 e. The van der Waals surface area contributed by atoms with Crippen LogP contribution >= 0.6 is 35.4 Å². The molecular weight excluding hydrogens is 481 g/mol. The van der Waals surface area contributed by atoms with Crippen molar-refractivity contribution in [3.05, 3.63) is 86.9 Å². The van der Waals surface area contributed by atoms with Gasteiger partial charge in [-0.3, -0.25) is 4.98 Å². The fraction of sp³-hybridized carbons (Fsp3) is 0.174. The van der Waals surface area contributed by atoms with Crippen molar-refractivity contribution in [2.45, 2.75) is 20.1 Å². The molecule has 7 nitrogen and oxygen atoms in total. The number of hydrogen-bond acceptors (Lipinski definition) is 6. The van der Waals surface area contributed by atoms with Gasteiger partial charge in [-0.25, -0.2) is 9.77 Å². The minimum atomic E-state index is 0.341. The Kier molecular flexibility index (Phi) is 7.49. The van der Waals surface area contributed by atoms with Crippen molar-refractivity contribution in [1.82, 2.24) is 19.9 Å². The molecule has 0 aliphatic heterocycles. The minimum Gasteiger partial charge on any atom is -0.490 e. The zero-order chi connectivity index (χ0) is 23.2. The first-order valence-electron chi connectivity index (χ1n) is 10.2. The predicted octanol–water partition coefficient (Wildman–Crippen LogP) is 6.03. The maximum absolute atomic E-state index is 6.57. The second-order valence-electron chi connectivity index (χ2n) is 7.01. The predicted molar refractivity (Wildman–Crippen MR) is 132 cm³/mol. The molecule has 0 spiro atoms. The van der Waals surface area contributed by atoms with Crippen molar-refractivity contribution in [1.29, 1.82) is 0 Å². The summed E-state index contributed by atoms with van der Waals surface area (Å²) in [6.07, 6.45) is 3.41. The normalized spacial score (nSPS) is 10.8. The smallest absolute Gasteiger partial charge is 0.214 e. The highest BCUT2D eigenvalue weighted by molar-refractivity contribution is 7.71. The first kappa shape index (κ1) is 23.1. The van der Waals surface area contributed by atoms with Crippen LogP contribution in [0, 0.1) is 4.77 Å². The Balaban J connectivity index is 1.53. The summed E-state index contributed by atoms with van der Waals surface area (Å²) in [6, 6.07) is 14.9. The van der Waals surface area contributed by atoms with E-state index in [2.05, 4.69) is 20.6 Å². The number of rotatable bonds is 9. The van der Waals surface area contributed by atoms with E-state index in [0.29, 0.717) is 51.9 Å². The Morgan fingerprint density at radius 2 is 1.79 bits per heavy atom. The second-order valence-corrected chi connectivity index (χ2v) is 8.24. The van der Waals surface area contributed by atoms with Gasteiger partial charge in [-0.2, -0.15) is 5.10 Å². The largest absolute Gasteiger partial charge is 0.490 e. The molecule has 0 amide bonds. The molecule has 0 unspecified atom stereocenters. The molecule has 0 radical (unpaired) electrons. The third-order valence-corrected chi connectivity index (χ3v) is 5.52. The summed E-state index contributed by atoms with van der Waals surface area (Å²) in [5.41, 5.74) is 6.03. The molecule has 0 bridgehead atoms. The molecule has 0 atom stereocenters. The van der Waals surface area contributed by atoms with Crippen molar-refractivity contribution >= 4 is 35.4 Å². The molecule has 2 aromatic heterocycles. The van der Waals surface area contributed by atoms with Crippen LogP contribution < -0.4 is 14.9 Å². The first-order chi connectivity index (χ1) is 16.0. The lowest BCUT2D eigenvalue weighted by atomic mass is 10.2. The summed E-state index contributed by atoms with van der Waals surface area (Å²) in [4.78, 5) is 4.04. The Labute approximate surface area is 206 Å².